The number of aliphatic carboxylic acids is 1. The van der Waals surface area contributed by atoms with E-state index in [1.54, 1.807) is 0 Å². The largest absolute Gasteiger partial charge is 1.00 e. The average molecular weight is 176 g/mol. The molecule has 0 aromatic carbocycles. The molecule has 0 spiro atoms. The molecule has 0 aliphatic rings. The molecule has 2 atom stereocenters. The summed E-state index contributed by atoms with van der Waals surface area (Å²) >= 11 is 0. The Hall–Kier alpha value is 0.986. The molecule has 0 aliphatic carbocycles. The summed E-state index contributed by atoms with van der Waals surface area (Å²) in [5.74, 6) is -1.54. The van der Waals surface area contributed by atoms with Crippen molar-refractivity contribution in [3.63, 3.8) is 0 Å². The first-order valence-electron chi connectivity index (χ1n) is 2.29. The smallest absolute Gasteiger partial charge is 1.00 e. The monoisotopic (exact) mass is 176 g/mol. The fourth-order valence-corrected chi connectivity index (χ4v) is 0.264. The van der Waals surface area contributed by atoms with Crippen molar-refractivity contribution in [1.29, 1.82) is 0 Å². The van der Waals surface area contributed by atoms with Gasteiger partial charge in [0.2, 0.25) is 0 Å². The molecule has 0 heterocycles. The molecule has 0 aliphatic heterocycles. The summed E-state index contributed by atoms with van der Waals surface area (Å²) in [5.41, 5.74) is 0. The SMILES string of the molecule is O=C(O)[C@H](O)[C@H](O)CO.[H-].[K+]. The van der Waals surface area contributed by atoms with Gasteiger partial charge in [-0.2, -0.15) is 0 Å². The van der Waals surface area contributed by atoms with Gasteiger partial charge in [0.15, 0.2) is 6.10 Å². The summed E-state index contributed by atoms with van der Waals surface area (Å²) in [5, 5.41) is 32.8. The van der Waals surface area contributed by atoms with Gasteiger partial charge in [-0.1, -0.05) is 0 Å². The molecule has 5 nitrogen and oxygen atoms in total. The second-order valence-corrected chi connectivity index (χ2v) is 1.53. The number of carboxylic acid groups (broad SMARTS) is 1. The number of hydrogen-bond donors (Lipinski definition) is 4. The summed E-state index contributed by atoms with van der Waals surface area (Å²) in [7, 11) is 0. The van der Waals surface area contributed by atoms with Gasteiger partial charge in [0.05, 0.1) is 6.61 Å². The maximum Gasteiger partial charge on any atom is 1.00 e. The average Bonchev–Trinajstić information content (AvgIpc) is 1.84. The van der Waals surface area contributed by atoms with Gasteiger partial charge in [-0.15, -0.1) is 0 Å². The minimum atomic E-state index is -1.89. The van der Waals surface area contributed by atoms with Crippen molar-refractivity contribution in [2.45, 2.75) is 12.2 Å². The quantitative estimate of drug-likeness (QED) is 0.322. The molecule has 0 amide bonds. The van der Waals surface area contributed by atoms with Crippen LogP contribution in [0, 0.1) is 0 Å². The molecule has 10 heavy (non-hydrogen) atoms. The van der Waals surface area contributed by atoms with Crippen LogP contribution in [0.5, 0.6) is 0 Å². The normalized spacial score (nSPS) is 15.1. The Morgan fingerprint density at radius 2 is 1.90 bits per heavy atom. The molecule has 0 aromatic rings. The van der Waals surface area contributed by atoms with E-state index in [0.29, 0.717) is 0 Å². The molecule has 56 valence electrons. The Morgan fingerprint density at radius 3 is 2.00 bits per heavy atom. The molecule has 6 heteroatoms. The van der Waals surface area contributed by atoms with Crippen molar-refractivity contribution in [1.82, 2.24) is 0 Å². The Morgan fingerprint density at radius 1 is 1.50 bits per heavy atom. The maximum atomic E-state index is 9.78. The van der Waals surface area contributed by atoms with E-state index < -0.39 is 24.8 Å². The van der Waals surface area contributed by atoms with Crippen LogP contribution in [-0.2, 0) is 4.79 Å². The first kappa shape index (κ1) is 13.6. The van der Waals surface area contributed by atoms with Crippen LogP contribution in [0.2, 0.25) is 0 Å². The molecule has 0 radical (unpaired) electrons. The summed E-state index contributed by atoms with van der Waals surface area (Å²) < 4.78 is 0. The van der Waals surface area contributed by atoms with Crippen LogP contribution in [-0.4, -0.2) is 45.2 Å². The van der Waals surface area contributed by atoms with Gasteiger partial charge in [-0.3, -0.25) is 0 Å². The molecule has 4 N–H and O–H groups in total. The first-order chi connectivity index (χ1) is 4.09. The molecule has 0 saturated carbocycles. The van der Waals surface area contributed by atoms with Crippen LogP contribution < -0.4 is 51.4 Å². The van der Waals surface area contributed by atoms with Crippen molar-refractivity contribution in [2.75, 3.05) is 6.61 Å². The van der Waals surface area contributed by atoms with Crippen molar-refractivity contribution < 1.29 is 78.0 Å². The summed E-state index contributed by atoms with van der Waals surface area (Å²) in [4.78, 5) is 9.78. The summed E-state index contributed by atoms with van der Waals surface area (Å²) in [6.45, 7) is -0.756. The fraction of sp³-hybridized carbons (Fsp3) is 0.750. The van der Waals surface area contributed by atoms with E-state index in [4.69, 9.17) is 20.4 Å². The summed E-state index contributed by atoms with van der Waals surface area (Å²) in [6.07, 6.45) is -3.49. The van der Waals surface area contributed by atoms with E-state index in [1.165, 1.54) is 0 Å². The van der Waals surface area contributed by atoms with Crippen LogP contribution in [0.4, 0.5) is 0 Å². The first-order valence-corrected chi connectivity index (χ1v) is 2.29. The van der Waals surface area contributed by atoms with E-state index in [9.17, 15) is 4.79 Å². The van der Waals surface area contributed by atoms with Gasteiger partial charge in [0.25, 0.3) is 0 Å². The number of hydrogen-bond acceptors (Lipinski definition) is 4. The van der Waals surface area contributed by atoms with Gasteiger partial charge >= 0.3 is 57.4 Å². The predicted octanol–water partition coefficient (Wildman–Crippen LogP) is -5.10. The van der Waals surface area contributed by atoms with Gasteiger partial charge in [-0.05, 0) is 0 Å². The number of aliphatic hydroxyl groups is 3. The van der Waals surface area contributed by atoms with E-state index in [2.05, 4.69) is 0 Å². The molecule has 0 rings (SSSR count). The van der Waals surface area contributed by atoms with Crippen LogP contribution in [0.1, 0.15) is 1.43 Å². The van der Waals surface area contributed by atoms with Crippen molar-refractivity contribution in [3.8, 4) is 0 Å². The van der Waals surface area contributed by atoms with Gasteiger partial charge in [0.1, 0.15) is 6.10 Å². The third-order valence-electron chi connectivity index (χ3n) is 0.805. The predicted molar refractivity (Wildman–Crippen MR) is 27.8 cm³/mol. The zero-order valence-corrected chi connectivity index (χ0v) is 8.68. The van der Waals surface area contributed by atoms with Crippen molar-refractivity contribution in [3.05, 3.63) is 0 Å². The Balaban J connectivity index is -0.000000320. The van der Waals surface area contributed by atoms with Gasteiger partial charge in [-0.25, -0.2) is 4.79 Å². The Labute approximate surface area is 102 Å². The molecular formula is C4H9KO5. The zero-order chi connectivity index (χ0) is 7.44. The second-order valence-electron chi connectivity index (χ2n) is 1.53. The number of aliphatic hydroxyl groups excluding tert-OH is 3. The minimum absolute atomic E-state index is 0. The molecule has 0 saturated heterocycles. The van der Waals surface area contributed by atoms with Gasteiger partial charge in [0, 0.05) is 0 Å². The molecule has 0 unspecified atom stereocenters. The topological polar surface area (TPSA) is 98.0 Å². The fourth-order valence-electron chi connectivity index (χ4n) is 0.264. The minimum Gasteiger partial charge on any atom is -1.00 e. The van der Waals surface area contributed by atoms with Crippen molar-refractivity contribution >= 4 is 5.97 Å². The van der Waals surface area contributed by atoms with Crippen LogP contribution >= 0.6 is 0 Å². The number of carbonyl (C=O) groups is 1. The Bertz CT molecular complexity index is 111. The third-order valence-corrected chi connectivity index (χ3v) is 0.805. The number of rotatable bonds is 3. The van der Waals surface area contributed by atoms with Crippen LogP contribution in [0.15, 0.2) is 0 Å². The van der Waals surface area contributed by atoms with E-state index in [0.717, 1.165) is 0 Å². The van der Waals surface area contributed by atoms with Gasteiger partial charge < -0.3 is 21.9 Å². The molecular weight excluding hydrogens is 167 g/mol. The standard InChI is InChI=1S/C4H8O5.K.H/c5-1-2(6)3(7)4(8)9;;/h2-3,5-7H,1H2,(H,8,9);;/q;+1;-1/t2-,3-;;/m1../s1. The van der Waals surface area contributed by atoms with Crippen LogP contribution in [0.3, 0.4) is 0 Å². The maximum absolute atomic E-state index is 9.78. The second kappa shape index (κ2) is 6.68. The van der Waals surface area contributed by atoms with E-state index >= 15 is 0 Å². The third kappa shape index (κ3) is 4.75. The Kier molecular flexibility index (Phi) is 9.07. The zero-order valence-electron chi connectivity index (χ0n) is 6.56. The summed E-state index contributed by atoms with van der Waals surface area (Å²) in [6, 6.07) is 0. The van der Waals surface area contributed by atoms with Crippen molar-refractivity contribution in [2.24, 2.45) is 0 Å². The van der Waals surface area contributed by atoms with E-state index in [-0.39, 0.29) is 52.8 Å². The van der Waals surface area contributed by atoms with Crippen LogP contribution in [0.25, 0.3) is 0 Å². The van der Waals surface area contributed by atoms with E-state index in [1.807, 2.05) is 0 Å². The molecule has 0 bridgehead atoms. The molecule has 0 aromatic heterocycles. The molecule has 0 fully saturated rings. The number of carboxylic acids is 1.